The van der Waals surface area contributed by atoms with Crippen LogP contribution in [-0.4, -0.2) is 13.0 Å². The van der Waals surface area contributed by atoms with E-state index in [4.69, 9.17) is 81.2 Å². The first kappa shape index (κ1) is 15.1. The van der Waals surface area contributed by atoms with Gasteiger partial charge in [0.15, 0.2) is 7.59 Å². The predicted octanol–water partition coefficient (Wildman–Crippen LogP) is 5.75. The summed E-state index contributed by atoms with van der Waals surface area (Å²) in [5, 5.41) is -0.271. The lowest BCUT2D eigenvalue weighted by molar-refractivity contribution is 0.285. The molecule has 1 fully saturated rings. The average Bonchev–Trinajstić information content (AvgIpc) is 1.99. The normalized spacial score (nSPS) is 34.2. The molecule has 1 rings (SSSR count). The third-order valence-corrected chi connectivity index (χ3v) is 4.90. The highest BCUT2D eigenvalue weighted by Gasteiger charge is 2.45. The van der Waals surface area contributed by atoms with Gasteiger partial charge in [0.25, 0.3) is 0 Å². The molecular weight excluding hydrogens is 344 g/mol. The van der Waals surface area contributed by atoms with Crippen LogP contribution in [0.5, 0.6) is 0 Å². The quantitative estimate of drug-likeness (QED) is 0.487. The summed E-state index contributed by atoms with van der Waals surface area (Å²) in [6.45, 7) is 0. The van der Waals surface area contributed by atoms with Crippen molar-refractivity contribution in [2.75, 3.05) is 0 Å². The lowest BCUT2D eigenvalue weighted by Gasteiger charge is -2.38. The molecule has 3 atom stereocenters. The first-order chi connectivity index (χ1) is 6.62. The Balaban J connectivity index is 2.64. The number of hydrogen-bond acceptors (Lipinski definition) is 0. The highest BCUT2D eigenvalue weighted by Crippen LogP contribution is 2.51. The van der Waals surface area contributed by atoms with E-state index in [9.17, 15) is 0 Å². The highest BCUT2D eigenvalue weighted by molar-refractivity contribution is 6.68. The Morgan fingerprint density at radius 1 is 0.800 bits per heavy atom. The molecule has 15 heavy (non-hydrogen) atoms. The van der Waals surface area contributed by atoms with Crippen molar-refractivity contribution in [2.45, 2.75) is 32.2 Å². The zero-order valence-corrected chi connectivity index (χ0v) is 12.8. The lowest BCUT2D eigenvalue weighted by atomic mass is 9.83. The van der Waals surface area contributed by atoms with E-state index < -0.39 is 7.59 Å². The van der Waals surface area contributed by atoms with Crippen LogP contribution in [0.2, 0.25) is 0 Å². The molecule has 0 aromatic heterocycles. The Hall–Kier alpha value is 2.03. The van der Waals surface area contributed by atoms with Gasteiger partial charge in [0.05, 0.1) is 0 Å². The Labute approximate surface area is 124 Å². The van der Waals surface area contributed by atoms with Gasteiger partial charge < -0.3 is 0 Å². The third-order valence-electron chi connectivity index (χ3n) is 2.66. The van der Waals surface area contributed by atoms with E-state index >= 15 is 0 Å². The molecule has 0 aliphatic heterocycles. The fourth-order valence-electron chi connectivity index (χ4n) is 1.78. The van der Waals surface area contributed by atoms with E-state index in [1.54, 1.807) is 0 Å². The van der Waals surface area contributed by atoms with Gasteiger partial charge in [0, 0.05) is 17.2 Å². The molecule has 90 valence electrons. The van der Waals surface area contributed by atoms with Gasteiger partial charge in [-0.1, -0.05) is 69.6 Å². The van der Waals surface area contributed by atoms with Gasteiger partial charge in [-0.15, -0.1) is 11.6 Å². The van der Waals surface area contributed by atoms with E-state index in [2.05, 4.69) is 0 Å². The molecule has 0 aromatic rings. The molecule has 0 aromatic carbocycles. The highest BCUT2D eigenvalue weighted by atomic mass is 35.6. The van der Waals surface area contributed by atoms with Gasteiger partial charge in [-0.25, -0.2) is 0 Å². The summed E-state index contributed by atoms with van der Waals surface area (Å²) in [5.74, 6) is -0.263. The van der Waals surface area contributed by atoms with Crippen molar-refractivity contribution in [3.05, 3.63) is 0 Å². The fourth-order valence-corrected chi connectivity index (χ4v) is 3.88. The van der Waals surface area contributed by atoms with Crippen LogP contribution in [0.25, 0.3) is 0 Å². The summed E-state index contributed by atoms with van der Waals surface area (Å²) < 4.78 is -2.63. The monoisotopic (exact) mass is 350 g/mol. The molecular formula is C8H9Cl7. The van der Waals surface area contributed by atoms with Crippen molar-refractivity contribution >= 4 is 81.2 Å². The Morgan fingerprint density at radius 2 is 1.33 bits per heavy atom. The third kappa shape index (κ3) is 4.32. The molecule has 0 spiro atoms. The summed E-state index contributed by atoms with van der Waals surface area (Å²) in [4.78, 5) is 0. The Kier molecular flexibility index (Phi) is 5.38. The maximum absolute atomic E-state index is 6.14. The number of halogens is 7. The summed E-state index contributed by atoms with van der Waals surface area (Å²) in [6.07, 6.45) is 1.91. The maximum Gasteiger partial charge on any atom is 0.194 e. The molecule has 0 radical (unpaired) electrons. The molecule has 0 bridgehead atoms. The minimum atomic E-state index is -1.34. The average molecular weight is 353 g/mol. The summed E-state index contributed by atoms with van der Waals surface area (Å²) >= 11 is 41.0. The SMILES string of the molecule is Cl[C@H]1C[C@H](C(Cl)(Cl)Cl)CC[C@H]1C(Cl)(Cl)Cl. The molecule has 1 saturated carbocycles. The van der Waals surface area contributed by atoms with Crippen LogP contribution < -0.4 is 0 Å². The maximum atomic E-state index is 6.14. The second-order valence-electron chi connectivity index (χ2n) is 3.72. The standard InChI is InChI=1S/C8H9Cl7/c9-6-3-4(7(10,11)12)1-2-5(6)8(13,14)15/h4-6H,1-3H2/t4-,5-,6+/m1/s1. The minimum absolute atomic E-state index is 0.0754. The molecule has 0 N–H and O–H groups in total. The van der Waals surface area contributed by atoms with Gasteiger partial charge in [-0.3, -0.25) is 0 Å². The zero-order valence-electron chi connectivity index (χ0n) is 7.50. The zero-order chi connectivity index (χ0) is 11.9. The Morgan fingerprint density at radius 3 is 1.67 bits per heavy atom. The largest absolute Gasteiger partial charge is 0.194 e. The van der Waals surface area contributed by atoms with Crippen molar-refractivity contribution in [3.63, 3.8) is 0 Å². The van der Waals surface area contributed by atoms with Crippen LogP contribution in [0.3, 0.4) is 0 Å². The lowest BCUT2D eigenvalue weighted by Crippen LogP contribution is -2.38. The van der Waals surface area contributed by atoms with E-state index in [0.717, 1.165) is 0 Å². The summed E-state index contributed by atoms with van der Waals surface area (Å²) in [7, 11) is 0. The van der Waals surface area contributed by atoms with Crippen molar-refractivity contribution in [3.8, 4) is 0 Å². The Bertz CT molecular complexity index is 216. The van der Waals surface area contributed by atoms with Crippen LogP contribution in [0.15, 0.2) is 0 Å². The van der Waals surface area contributed by atoms with E-state index in [0.29, 0.717) is 19.3 Å². The smallest absolute Gasteiger partial charge is 0.123 e. The second kappa shape index (κ2) is 5.34. The molecule has 1 aliphatic carbocycles. The molecule has 0 nitrogen and oxygen atoms in total. The first-order valence-electron chi connectivity index (χ1n) is 4.40. The van der Waals surface area contributed by atoms with Gasteiger partial charge in [0.1, 0.15) is 0 Å². The summed E-state index contributed by atoms with van der Waals surface area (Å²) in [6, 6.07) is 0. The molecule has 0 unspecified atom stereocenters. The van der Waals surface area contributed by atoms with Crippen LogP contribution in [0.1, 0.15) is 19.3 Å². The number of rotatable bonds is 0. The van der Waals surface area contributed by atoms with Crippen molar-refractivity contribution in [2.24, 2.45) is 11.8 Å². The molecule has 1 aliphatic rings. The summed E-state index contributed by atoms with van der Waals surface area (Å²) in [5.41, 5.74) is 0. The molecule has 7 heteroatoms. The van der Waals surface area contributed by atoms with Gasteiger partial charge in [-0.05, 0) is 19.3 Å². The number of alkyl halides is 7. The second-order valence-corrected chi connectivity index (χ2v) is 9.01. The molecule has 0 saturated heterocycles. The minimum Gasteiger partial charge on any atom is -0.123 e. The first-order valence-corrected chi connectivity index (χ1v) is 7.10. The van der Waals surface area contributed by atoms with Crippen molar-refractivity contribution < 1.29 is 0 Å². The predicted molar refractivity (Wildman–Crippen MR) is 71.1 cm³/mol. The number of hydrogen-bond donors (Lipinski definition) is 0. The van der Waals surface area contributed by atoms with Gasteiger partial charge >= 0.3 is 0 Å². The topological polar surface area (TPSA) is 0 Å². The van der Waals surface area contributed by atoms with Crippen LogP contribution in [0, 0.1) is 11.8 Å². The van der Waals surface area contributed by atoms with Crippen LogP contribution in [0.4, 0.5) is 0 Å². The fraction of sp³-hybridized carbons (Fsp3) is 1.00. The van der Waals surface area contributed by atoms with Crippen molar-refractivity contribution in [1.29, 1.82) is 0 Å². The van der Waals surface area contributed by atoms with Gasteiger partial charge in [0.2, 0.25) is 0 Å². The van der Waals surface area contributed by atoms with Crippen molar-refractivity contribution in [1.82, 2.24) is 0 Å². The van der Waals surface area contributed by atoms with Crippen LogP contribution >= 0.6 is 81.2 Å². The van der Waals surface area contributed by atoms with E-state index in [-0.39, 0.29) is 17.2 Å². The van der Waals surface area contributed by atoms with E-state index in [1.807, 2.05) is 0 Å². The molecule has 0 amide bonds. The van der Waals surface area contributed by atoms with E-state index in [1.165, 1.54) is 0 Å². The van der Waals surface area contributed by atoms with Crippen LogP contribution in [-0.2, 0) is 0 Å². The van der Waals surface area contributed by atoms with Gasteiger partial charge in [-0.2, -0.15) is 0 Å². The molecule has 0 heterocycles.